The van der Waals surface area contributed by atoms with Crippen molar-refractivity contribution in [1.82, 2.24) is 9.78 Å². The predicted molar refractivity (Wildman–Crippen MR) is 63.8 cm³/mol. The minimum atomic E-state index is -1.25. The fourth-order valence-corrected chi connectivity index (χ4v) is 1.56. The zero-order valence-electron chi connectivity index (χ0n) is 9.57. The van der Waals surface area contributed by atoms with E-state index in [4.69, 9.17) is 16.1 Å². The lowest BCUT2D eigenvalue weighted by molar-refractivity contribution is 0.0687. The van der Waals surface area contributed by atoms with Crippen LogP contribution in [0.1, 0.15) is 26.5 Å². The number of benzene rings is 1. The number of carbonyl (C=O) groups is 2. The molecular formula is C12H8N4O3. The molecule has 0 saturated carbocycles. The highest BCUT2D eigenvalue weighted by molar-refractivity contribution is 5.94. The van der Waals surface area contributed by atoms with Gasteiger partial charge >= 0.3 is 5.97 Å². The van der Waals surface area contributed by atoms with Gasteiger partial charge in [0.05, 0.1) is 17.3 Å². The molecule has 0 spiro atoms. The number of rotatable bonds is 3. The first-order valence-corrected chi connectivity index (χ1v) is 5.16. The molecule has 19 heavy (non-hydrogen) atoms. The Hall–Kier alpha value is -3.14. The third-order valence-electron chi connectivity index (χ3n) is 2.40. The summed E-state index contributed by atoms with van der Waals surface area (Å²) in [4.78, 5) is 22.2. The van der Waals surface area contributed by atoms with Gasteiger partial charge < -0.3 is 10.8 Å². The van der Waals surface area contributed by atoms with Crippen LogP contribution in [-0.4, -0.2) is 26.8 Å². The van der Waals surface area contributed by atoms with Gasteiger partial charge in [0.15, 0.2) is 11.4 Å². The third-order valence-corrected chi connectivity index (χ3v) is 2.40. The lowest BCUT2D eigenvalue weighted by Crippen LogP contribution is -2.12. The normalized spacial score (nSPS) is 9.84. The molecule has 1 heterocycles. The lowest BCUT2D eigenvalue weighted by Gasteiger charge is -2.04. The van der Waals surface area contributed by atoms with E-state index in [0.29, 0.717) is 11.3 Å². The number of nitrogens with two attached hydrogens (primary N) is 1. The van der Waals surface area contributed by atoms with Crippen molar-refractivity contribution in [1.29, 1.82) is 5.26 Å². The Morgan fingerprint density at radius 2 is 2.11 bits per heavy atom. The van der Waals surface area contributed by atoms with Crippen molar-refractivity contribution in [2.45, 2.75) is 0 Å². The number of carbonyl (C=O) groups excluding carboxylic acids is 1. The molecule has 0 aliphatic carbocycles. The lowest BCUT2D eigenvalue weighted by atomic mass is 10.2. The largest absolute Gasteiger partial charge is 0.477 e. The molecule has 0 atom stereocenters. The number of hydrogen-bond acceptors (Lipinski definition) is 4. The minimum absolute atomic E-state index is 0.153. The van der Waals surface area contributed by atoms with E-state index in [0.717, 1.165) is 10.7 Å². The Morgan fingerprint density at radius 3 is 2.68 bits per heavy atom. The zero-order chi connectivity index (χ0) is 14.0. The molecule has 7 nitrogen and oxygen atoms in total. The molecule has 0 radical (unpaired) electrons. The molecule has 2 rings (SSSR count). The van der Waals surface area contributed by atoms with Crippen LogP contribution >= 0.6 is 0 Å². The van der Waals surface area contributed by atoms with Crippen LogP contribution in [0.5, 0.6) is 0 Å². The van der Waals surface area contributed by atoms with E-state index in [1.165, 1.54) is 6.07 Å². The quantitative estimate of drug-likeness (QED) is 0.829. The number of hydrogen-bond donors (Lipinski definition) is 2. The van der Waals surface area contributed by atoms with Crippen molar-refractivity contribution in [2.24, 2.45) is 5.73 Å². The van der Waals surface area contributed by atoms with Gasteiger partial charge in [0.25, 0.3) is 5.91 Å². The molecule has 3 N–H and O–H groups in total. The Morgan fingerprint density at radius 1 is 1.37 bits per heavy atom. The second-order valence-corrected chi connectivity index (χ2v) is 3.66. The Kier molecular flexibility index (Phi) is 3.00. The molecule has 0 saturated heterocycles. The highest BCUT2D eigenvalue weighted by Crippen LogP contribution is 2.14. The minimum Gasteiger partial charge on any atom is -0.477 e. The van der Waals surface area contributed by atoms with Crippen molar-refractivity contribution in [2.75, 3.05) is 0 Å². The van der Waals surface area contributed by atoms with Crippen molar-refractivity contribution >= 4 is 11.9 Å². The van der Waals surface area contributed by atoms with Crippen LogP contribution in [-0.2, 0) is 0 Å². The fourth-order valence-electron chi connectivity index (χ4n) is 1.56. The Bertz CT molecular complexity index is 712. The van der Waals surface area contributed by atoms with Gasteiger partial charge in [-0.15, -0.1) is 0 Å². The van der Waals surface area contributed by atoms with Crippen LogP contribution < -0.4 is 5.73 Å². The maximum Gasteiger partial charge on any atom is 0.354 e. The summed E-state index contributed by atoms with van der Waals surface area (Å²) < 4.78 is 1.06. The highest BCUT2D eigenvalue weighted by atomic mass is 16.4. The van der Waals surface area contributed by atoms with Crippen LogP contribution in [0, 0.1) is 11.3 Å². The van der Waals surface area contributed by atoms with E-state index >= 15 is 0 Å². The summed E-state index contributed by atoms with van der Waals surface area (Å²) in [5.41, 5.74) is 5.43. The Labute approximate surface area is 107 Å². The molecule has 1 aromatic heterocycles. The first kappa shape index (κ1) is 12.3. The maximum atomic E-state index is 11.1. The topological polar surface area (TPSA) is 122 Å². The third kappa shape index (κ3) is 2.28. The Balaban J connectivity index is 2.63. The van der Waals surface area contributed by atoms with Crippen molar-refractivity contribution in [3.63, 3.8) is 0 Å². The standard InChI is InChI=1S/C12H8N4O3/c13-6-7-2-1-3-8(4-7)16-10(12(18)19)5-9(15-16)11(14)17/h1-5H,(H2,14,17)(H,18,19). The number of nitriles is 1. The molecule has 1 aromatic carbocycles. The molecule has 0 bridgehead atoms. The smallest absolute Gasteiger partial charge is 0.354 e. The number of aromatic nitrogens is 2. The second kappa shape index (κ2) is 4.62. The zero-order valence-corrected chi connectivity index (χ0v) is 9.57. The first-order chi connectivity index (χ1) is 9.02. The number of aromatic carboxylic acids is 1. The van der Waals surface area contributed by atoms with Crippen LogP contribution in [0.25, 0.3) is 5.69 Å². The van der Waals surface area contributed by atoms with Gasteiger partial charge in [-0.25, -0.2) is 9.48 Å². The van der Waals surface area contributed by atoms with Crippen molar-refractivity contribution < 1.29 is 14.7 Å². The van der Waals surface area contributed by atoms with Gasteiger partial charge in [-0.2, -0.15) is 10.4 Å². The van der Waals surface area contributed by atoms with E-state index in [1.807, 2.05) is 6.07 Å². The van der Waals surface area contributed by atoms with Crippen molar-refractivity contribution in [3.8, 4) is 11.8 Å². The van der Waals surface area contributed by atoms with Crippen LogP contribution in [0.2, 0.25) is 0 Å². The van der Waals surface area contributed by atoms with E-state index in [-0.39, 0.29) is 11.4 Å². The van der Waals surface area contributed by atoms with Gasteiger partial charge in [-0.1, -0.05) is 6.07 Å². The summed E-state index contributed by atoms with van der Waals surface area (Å²) in [5, 5.41) is 21.7. The average Bonchev–Trinajstić information content (AvgIpc) is 2.84. The van der Waals surface area contributed by atoms with E-state index in [9.17, 15) is 9.59 Å². The molecule has 0 unspecified atom stereocenters. The van der Waals surface area contributed by atoms with E-state index < -0.39 is 11.9 Å². The molecule has 0 fully saturated rings. The number of primary amides is 1. The van der Waals surface area contributed by atoms with Gasteiger partial charge in [-0.05, 0) is 18.2 Å². The molecule has 1 amide bonds. The summed E-state index contributed by atoms with van der Waals surface area (Å²) in [6, 6.07) is 9.22. The van der Waals surface area contributed by atoms with Crippen molar-refractivity contribution in [3.05, 3.63) is 47.3 Å². The highest BCUT2D eigenvalue weighted by Gasteiger charge is 2.18. The van der Waals surface area contributed by atoms with Gasteiger partial charge in [0, 0.05) is 6.07 Å². The van der Waals surface area contributed by atoms with Crippen LogP contribution in [0.15, 0.2) is 30.3 Å². The molecule has 7 heteroatoms. The monoisotopic (exact) mass is 256 g/mol. The summed E-state index contributed by atoms with van der Waals surface area (Å²) in [5.74, 6) is -2.07. The number of nitrogens with zero attached hydrogens (tertiary/aromatic N) is 3. The molecule has 2 aromatic rings. The van der Waals surface area contributed by atoms with Gasteiger partial charge in [-0.3, -0.25) is 4.79 Å². The fraction of sp³-hybridized carbons (Fsp3) is 0. The van der Waals surface area contributed by atoms with Gasteiger partial charge in [0.1, 0.15) is 0 Å². The summed E-state index contributed by atoms with van der Waals surface area (Å²) in [7, 11) is 0. The van der Waals surface area contributed by atoms with E-state index in [1.54, 1.807) is 18.2 Å². The number of amides is 1. The maximum absolute atomic E-state index is 11.1. The summed E-state index contributed by atoms with van der Waals surface area (Å²) in [6.45, 7) is 0. The SMILES string of the molecule is N#Cc1cccc(-n2nc(C(N)=O)cc2C(=O)O)c1. The average molecular weight is 256 g/mol. The number of carboxylic acid groups (broad SMARTS) is 1. The van der Waals surface area contributed by atoms with Gasteiger partial charge in [0.2, 0.25) is 0 Å². The molecule has 94 valence electrons. The summed E-state index contributed by atoms with van der Waals surface area (Å²) in [6.07, 6.45) is 0. The molecular weight excluding hydrogens is 248 g/mol. The van der Waals surface area contributed by atoms with Crippen LogP contribution in [0.3, 0.4) is 0 Å². The summed E-state index contributed by atoms with van der Waals surface area (Å²) >= 11 is 0. The first-order valence-electron chi connectivity index (χ1n) is 5.16. The van der Waals surface area contributed by atoms with Crippen LogP contribution in [0.4, 0.5) is 0 Å². The number of carboxylic acids is 1. The molecule has 0 aliphatic rings. The molecule has 0 aliphatic heterocycles. The predicted octanol–water partition coefficient (Wildman–Crippen LogP) is 0.541. The van der Waals surface area contributed by atoms with E-state index in [2.05, 4.69) is 5.10 Å². The second-order valence-electron chi connectivity index (χ2n) is 3.66.